The highest BCUT2D eigenvalue weighted by atomic mass is 16.5. The largest absolute Gasteiger partial charge is 0.383 e. The van der Waals surface area contributed by atoms with E-state index in [9.17, 15) is 0 Å². The van der Waals surface area contributed by atoms with E-state index in [2.05, 4.69) is 23.2 Å². The zero-order valence-electron chi connectivity index (χ0n) is 10.4. The first kappa shape index (κ1) is 13.4. The molecule has 1 aliphatic rings. The Balaban J connectivity index is 2.49. The molecule has 1 fully saturated rings. The number of hydrogen-bond acceptors (Lipinski definition) is 4. The number of nitrogens with zero attached hydrogens (tertiary/aromatic N) is 2. The van der Waals surface area contributed by atoms with Crippen LogP contribution in [0.1, 0.15) is 19.8 Å². The molecule has 1 heterocycles. The predicted octanol–water partition coefficient (Wildman–Crippen LogP) is 0.846. The third-order valence-corrected chi connectivity index (χ3v) is 3.39. The molecule has 2 atom stereocenters. The minimum atomic E-state index is 0.577. The van der Waals surface area contributed by atoms with Crippen LogP contribution < -0.4 is 5.32 Å². The SMILES string of the molecule is CCC1CNCC1N(CCC#N)CCOC. The molecule has 0 aromatic rings. The van der Waals surface area contributed by atoms with Gasteiger partial charge in [0.15, 0.2) is 0 Å². The van der Waals surface area contributed by atoms with Gasteiger partial charge in [0.25, 0.3) is 0 Å². The summed E-state index contributed by atoms with van der Waals surface area (Å²) in [5.74, 6) is 0.718. The summed E-state index contributed by atoms with van der Waals surface area (Å²) in [4.78, 5) is 2.40. The van der Waals surface area contributed by atoms with E-state index in [1.807, 2.05) is 0 Å². The molecule has 1 rings (SSSR count). The van der Waals surface area contributed by atoms with E-state index < -0.39 is 0 Å². The normalized spacial score (nSPS) is 24.9. The maximum atomic E-state index is 8.68. The Morgan fingerprint density at radius 3 is 2.88 bits per heavy atom. The lowest BCUT2D eigenvalue weighted by molar-refractivity contribution is 0.110. The zero-order valence-corrected chi connectivity index (χ0v) is 10.4. The highest BCUT2D eigenvalue weighted by molar-refractivity contribution is 4.89. The first-order valence-corrected chi connectivity index (χ1v) is 6.14. The number of nitriles is 1. The van der Waals surface area contributed by atoms with Crippen LogP contribution in [0.3, 0.4) is 0 Å². The molecule has 1 saturated heterocycles. The van der Waals surface area contributed by atoms with Crippen LogP contribution >= 0.6 is 0 Å². The second-order valence-corrected chi connectivity index (χ2v) is 4.33. The molecular formula is C12H23N3O. The second-order valence-electron chi connectivity index (χ2n) is 4.33. The fraction of sp³-hybridized carbons (Fsp3) is 0.917. The molecule has 16 heavy (non-hydrogen) atoms. The summed E-state index contributed by atoms with van der Waals surface area (Å²) in [7, 11) is 1.73. The van der Waals surface area contributed by atoms with Gasteiger partial charge in [0.1, 0.15) is 0 Å². The van der Waals surface area contributed by atoms with Crippen molar-refractivity contribution in [2.24, 2.45) is 5.92 Å². The summed E-state index contributed by atoms with van der Waals surface area (Å²) in [6, 6.07) is 2.81. The molecule has 0 aromatic carbocycles. The number of methoxy groups -OCH3 is 1. The van der Waals surface area contributed by atoms with Gasteiger partial charge in [-0.25, -0.2) is 0 Å². The molecule has 1 N–H and O–H groups in total. The third kappa shape index (κ3) is 3.75. The van der Waals surface area contributed by atoms with E-state index in [-0.39, 0.29) is 0 Å². The van der Waals surface area contributed by atoms with Crippen LogP contribution in [0, 0.1) is 17.2 Å². The van der Waals surface area contributed by atoms with Crippen LogP contribution in [0.4, 0.5) is 0 Å². The van der Waals surface area contributed by atoms with Gasteiger partial charge < -0.3 is 10.1 Å². The minimum Gasteiger partial charge on any atom is -0.383 e. The Bertz CT molecular complexity index is 227. The van der Waals surface area contributed by atoms with Gasteiger partial charge in [-0.05, 0) is 12.5 Å². The molecule has 0 bridgehead atoms. The van der Waals surface area contributed by atoms with Gasteiger partial charge in [0.2, 0.25) is 0 Å². The van der Waals surface area contributed by atoms with Crippen molar-refractivity contribution in [1.82, 2.24) is 10.2 Å². The highest BCUT2D eigenvalue weighted by Crippen LogP contribution is 2.19. The van der Waals surface area contributed by atoms with Crippen LogP contribution in [0.2, 0.25) is 0 Å². The van der Waals surface area contributed by atoms with E-state index in [4.69, 9.17) is 10.00 Å². The van der Waals surface area contributed by atoms with Gasteiger partial charge >= 0.3 is 0 Å². The number of rotatable bonds is 7. The molecule has 0 aromatic heterocycles. The summed E-state index contributed by atoms with van der Waals surface area (Å²) in [5.41, 5.74) is 0. The van der Waals surface area contributed by atoms with Crippen molar-refractivity contribution in [3.05, 3.63) is 0 Å². The molecule has 2 unspecified atom stereocenters. The lowest BCUT2D eigenvalue weighted by atomic mass is 9.99. The Labute approximate surface area is 98.6 Å². The van der Waals surface area contributed by atoms with Gasteiger partial charge in [0.05, 0.1) is 12.7 Å². The average molecular weight is 225 g/mol. The van der Waals surface area contributed by atoms with Crippen molar-refractivity contribution in [2.75, 3.05) is 39.9 Å². The van der Waals surface area contributed by atoms with E-state index in [1.165, 1.54) is 6.42 Å². The summed E-state index contributed by atoms with van der Waals surface area (Å²) >= 11 is 0. The maximum absolute atomic E-state index is 8.68. The Hall–Kier alpha value is -0.630. The molecular weight excluding hydrogens is 202 g/mol. The van der Waals surface area contributed by atoms with Crippen molar-refractivity contribution < 1.29 is 4.74 Å². The molecule has 0 aliphatic carbocycles. The first-order valence-electron chi connectivity index (χ1n) is 6.14. The van der Waals surface area contributed by atoms with E-state index >= 15 is 0 Å². The van der Waals surface area contributed by atoms with Gasteiger partial charge in [-0.1, -0.05) is 13.3 Å². The summed E-state index contributed by atoms with van der Waals surface area (Å²) in [5, 5.41) is 12.1. The lowest BCUT2D eigenvalue weighted by Gasteiger charge is -2.31. The standard InChI is InChI=1S/C12H23N3O/c1-3-11-9-14-10-12(11)15(6-4-5-13)7-8-16-2/h11-12,14H,3-4,6-10H2,1-2H3. The smallest absolute Gasteiger partial charge is 0.0635 e. The summed E-state index contributed by atoms with van der Waals surface area (Å²) < 4.78 is 5.14. The first-order chi connectivity index (χ1) is 7.83. The molecule has 0 spiro atoms. The second kappa shape index (κ2) is 7.61. The maximum Gasteiger partial charge on any atom is 0.0635 e. The van der Waals surface area contributed by atoms with Crippen molar-refractivity contribution in [2.45, 2.75) is 25.8 Å². The van der Waals surface area contributed by atoms with Crippen molar-refractivity contribution in [3.63, 3.8) is 0 Å². The van der Waals surface area contributed by atoms with Gasteiger partial charge in [-0.15, -0.1) is 0 Å². The molecule has 4 heteroatoms. The van der Waals surface area contributed by atoms with Crippen molar-refractivity contribution >= 4 is 0 Å². The number of ether oxygens (including phenoxy) is 1. The Kier molecular flexibility index (Phi) is 6.39. The highest BCUT2D eigenvalue weighted by Gasteiger charge is 2.30. The van der Waals surface area contributed by atoms with Gasteiger partial charge in [-0.3, -0.25) is 4.90 Å². The average Bonchev–Trinajstić information content (AvgIpc) is 2.77. The Morgan fingerprint density at radius 1 is 1.44 bits per heavy atom. The molecule has 92 valence electrons. The quantitative estimate of drug-likeness (QED) is 0.698. The lowest BCUT2D eigenvalue weighted by Crippen LogP contribution is -2.43. The minimum absolute atomic E-state index is 0.577. The van der Waals surface area contributed by atoms with Gasteiger partial charge in [-0.2, -0.15) is 5.26 Å². The zero-order chi connectivity index (χ0) is 11.8. The predicted molar refractivity (Wildman–Crippen MR) is 64.1 cm³/mol. The van der Waals surface area contributed by atoms with Crippen molar-refractivity contribution in [3.8, 4) is 6.07 Å². The Morgan fingerprint density at radius 2 is 2.25 bits per heavy atom. The van der Waals surface area contributed by atoms with E-state index in [0.717, 1.165) is 38.7 Å². The van der Waals surface area contributed by atoms with Crippen LogP contribution in [0.25, 0.3) is 0 Å². The molecule has 1 aliphatic heterocycles. The van der Waals surface area contributed by atoms with Gasteiger partial charge in [0, 0.05) is 39.2 Å². The number of hydrogen-bond donors (Lipinski definition) is 1. The van der Waals surface area contributed by atoms with Crippen LogP contribution in [-0.4, -0.2) is 50.8 Å². The summed E-state index contributed by atoms with van der Waals surface area (Å²) in [6.45, 7) is 6.94. The molecule has 0 saturated carbocycles. The van der Waals surface area contributed by atoms with E-state index in [1.54, 1.807) is 7.11 Å². The van der Waals surface area contributed by atoms with Crippen molar-refractivity contribution in [1.29, 1.82) is 5.26 Å². The molecule has 0 amide bonds. The van der Waals surface area contributed by atoms with Crippen LogP contribution in [0.5, 0.6) is 0 Å². The molecule has 0 radical (unpaired) electrons. The molecule has 4 nitrogen and oxygen atoms in total. The third-order valence-electron chi connectivity index (χ3n) is 3.39. The van der Waals surface area contributed by atoms with Crippen LogP contribution in [-0.2, 0) is 4.74 Å². The van der Waals surface area contributed by atoms with E-state index in [0.29, 0.717) is 12.5 Å². The monoisotopic (exact) mass is 225 g/mol. The summed E-state index contributed by atoms with van der Waals surface area (Å²) in [6.07, 6.45) is 1.81. The fourth-order valence-electron chi connectivity index (χ4n) is 2.41. The number of nitrogens with one attached hydrogen (secondary N) is 1. The van der Waals surface area contributed by atoms with Crippen LogP contribution in [0.15, 0.2) is 0 Å². The fourth-order valence-corrected chi connectivity index (χ4v) is 2.41. The topological polar surface area (TPSA) is 48.3 Å².